The Morgan fingerprint density at radius 1 is 1.19 bits per heavy atom. The van der Waals surface area contributed by atoms with Crippen LogP contribution in [0.2, 0.25) is 0 Å². The van der Waals surface area contributed by atoms with Gasteiger partial charge in [0.15, 0.2) is 28.7 Å². The molecule has 0 bridgehead atoms. The van der Waals surface area contributed by atoms with Gasteiger partial charge in [-0.3, -0.25) is 4.79 Å². The molecule has 3 aromatic rings. The number of methoxy groups -OCH3 is 1. The maximum atomic E-state index is 11.8. The average molecular weight is 441 g/mol. The Morgan fingerprint density at radius 3 is 2.66 bits per heavy atom. The average Bonchev–Trinajstić information content (AvgIpc) is 3.31. The van der Waals surface area contributed by atoms with Gasteiger partial charge in [-0.2, -0.15) is 0 Å². The third-order valence-corrected chi connectivity index (χ3v) is 5.81. The molecule has 0 fully saturated rings. The van der Waals surface area contributed by atoms with Crippen molar-refractivity contribution in [3.8, 4) is 23.0 Å². The van der Waals surface area contributed by atoms with Crippen molar-refractivity contribution in [2.75, 3.05) is 13.9 Å². The first-order valence-electron chi connectivity index (χ1n) is 10.1. The molecule has 0 radical (unpaired) electrons. The molecule has 3 N–H and O–H groups in total. The van der Waals surface area contributed by atoms with Crippen LogP contribution in [-0.4, -0.2) is 40.0 Å². The molecule has 2 heterocycles. The highest BCUT2D eigenvalue weighted by Crippen LogP contribution is 2.35. The number of aliphatic carboxylic acids is 1. The number of fused-ring (bicyclic) bond motifs is 1. The number of aromatic nitrogens is 2. The zero-order valence-corrected chi connectivity index (χ0v) is 18.0. The lowest BCUT2D eigenvalue weighted by molar-refractivity contribution is -0.703. The fourth-order valence-electron chi connectivity index (χ4n) is 4.01. The molecule has 32 heavy (non-hydrogen) atoms. The van der Waals surface area contributed by atoms with Gasteiger partial charge in [-0.1, -0.05) is 12.1 Å². The number of benzene rings is 2. The van der Waals surface area contributed by atoms with Crippen LogP contribution < -0.4 is 18.8 Å². The molecule has 1 atom stereocenters. The van der Waals surface area contributed by atoms with E-state index in [0.29, 0.717) is 35.1 Å². The fourth-order valence-corrected chi connectivity index (χ4v) is 4.01. The van der Waals surface area contributed by atoms with Gasteiger partial charge >= 0.3 is 11.8 Å². The second-order valence-corrected chi connectivity index (χ2v) is 7.70. The first-order valence-corrected chi connectivity index (χ1v) is 10.1. The minimum Gasteiger partial charge on any atom is -0.504 e. The van der Waals surface area contributed by atoms with Crippen molar-refractivity contribution in [1.82, 2.24) is 4.73 Å². The SMILES string of the molecule is COc1cc([C@H](CC(=O)O)c2n(O)c(C)c(C)[n+]2Cc2ccc3c(c2)OCO3)ccc1O. The summed E-state index contributed by atoms with van der Waals surface area (Å²) < 4.78 is 19.0. The number of carboxylic acids is 1. The summed E-state index contributed by atoms with van der Waals surface area (Å²) in [6, 6.07) is 10.3. The predicted molar refractivity (Wildman–Crippen MR) is 112 cm³/mol. The van der Waals surface area contributed by atoms with Crippen LogP contribution in [-0.2, 0) is 11.3 Å². The van der Waals surface area contributed by atoms with Crippen LogP contribution in [0, 0.1) is 13.8 Å². The number of phenolic OH excluding ortho intramolecular Hbond substituents is 1. The molecule has 1 aromatic heterocycles. The summed E-state index contributed by atoms with van der Waals surface area (Å²) in [6.07, 6.45) is -0.265. The molecule has 168 valence electrons. The Bertz CT molecular complexity index is 1190. The van der Waals surface area contributed by atoms with Crippen LogP contribution in [0.25, 0.3) is 0 Å². The fraction of sp³-hybridized carbons (Fsp3) is 0.304. The highest BCUT2D eigenvalue weighted by molar-refractivity contribution is 5.68. The number of hydrogen-bond acceptors (Lipinski definition) is 6. The first kappa shape index (κ1) is 21.4. The van der Waals surface area contributed by atoms with E-state index in [1.807, 2.05) is 29.7 Å². The van der Waals surface area contributed by atoms with E-state index in [-0.39, 0.29) is 24.7 Å². The first-order chi connectivity index (χ1) is 15.3. The van der Waals surface area contributed by atoms with E-state index in [9.17, 15) is 20.2 Å². The number of carboxylic acid groups (broad SMARTS) is 1. The number of rotatable bonds is 7. The normalized spacial score (nSPS) is 13.2. The number of aromatic hydroxyl groups is 1. The van der Waals surface area contributed by atoms with E-state index in [1.165, 1.54) is 13.2 Å². The monoisotopic (exact) mass is 441 g/mol. The number of imidazole rings is 1. The van der Waals surface area contributed by atoms with Crippen molar-refractivity contribution in [2.24, 2.45) is 0 Å². The second-order valence-electron chi connectivity index (χ2n) is 7.70. The van der Waals surface area contributed by atoms with E-state index in [0.717, 1.165) is 16.0 Å². The molecule has 0 amide bonds. The van der Waals surface area contributed by atoms with Crippen LogP contribution in [0.15, 0.2) is 36.4 Å². The van der Waals surface area contributed by atoms with Gasteiger partial charge in [-0.05, 0) is 40.1 Å². The summed E-state index contributed by atoms with van der Waals surface area (Å²) in [5, 5.41) is 30.5. The Kier molecular flexibility index (Phi) is 5.56. The van der Waals surface area contributed by atoms with Gasteiger partial charge in [0, 0.05) is 13.8 Å². The second kappa shape index (κ2) is 8.33. The largest absolute Gasteiger partial charge is 0.504 e. The number of nitrogens with zero attached hydrogens (tertiary/aromatic N) is 2. The van der Waals surface area contributed by atoms with Gasteiger partial charge in [-0.15, -0.1) is 0 Å². The van der Waals surface area contributed by atoms with Crippen molar-refractivity contribution in [2.45, 2.75) is 32.7 Å². The van der Waals surface area contributed by atoms with Gasteiger partial charge < -0.3 is 29.6 Å². The number of ether oxygens (including phenoxy) is 3. The smallest absolute Gasteiger partial charge is 0.305 e. The highest BCUT2D eigenvalue weighted by Gasteiger charge is 2.36. The van der Waals surface area contributed by atoms with Crippen LogP contribution in [0.5, 0.6) is 23.0 Å². The predicted octanol–water partition coefficient (Wildman–Crippen LogP) is 2.73. The molecule has 9 nitrogen and oxygen atoms in total. The zero-order valence-electron chi connectivity index (χ0n) is 18.0. The molecule has 9 heteroatoms. The molecule has 0 aliphatic carbocycles. The van der Waals surface area contributed by atoms with Crippen LogP contribution in [0.4, 0.5) is 0 Å². The number of phenols is 1. The van der Waals surface area contributed by atoms with Crippen molar-refractivity contribution < 1.29 is 39.0 Å². The van der Waals surface area contributed by atoms with Gasteiger partial charge in [0.05, 0.1) is 19.4 Å². The molecule has 0 saturated carbocycles. The quantitative estimate of drug-likeness (QED) is 0.382. The van der Waals surface area contributed by atoms with Gasteiger partial charge in [0.1, 0.15) is 12.2 Å². The summed E-state index contributed by atoms with van der Waals surface area (Å²) in [6.45, 7) is 4.20. The van der Waals surface area contributed by atoms with Gasteiger partial charge in [0.25, 0.3) is 0 Å². The van der Waals surface area contributed by atoms with Crippen molar-refractivity contribution in [1.29, 1.82) is 0 Å². The van der Waals surface area contributed by atoms with Crippen LogP contribution >= 0.6 is 0 Å². The number of carbonyl (C=O) groups is 1. The summed E-state index contributed by atoms with van der Waals surface area (Å²) in [4.78, 5) is 11.8. The summed E-state index contributed by atoms with van der Waals surface area (Å²) in [5.74, 6) is 0.184. The molecule has 0 saturated heterocycles. The lowest BCUT2D eigenvalue weighted by Crippen LogP contribution is -2.42. The minimum absolute atomic E-state index is 0.0506. The number of hydrogen-bond donors (Lipinski definition) is 3. The molecule has 1 aliphatic rings. The summed E-state index contributed by atoms with van der Waals surface area (Å²) in [7, 11) is 1.42. The Balaban J connectivity index is 1.82. The van der Waals surface area contributed by atoms with E-state index in [1.54, 1.807) is 19.1 Å². The Hall–Kier alpha value is -3.88. The van der Waals surface area contributed by atoms with E-state index in [2.05, 4.69) is 0 Å². The molecular weight excluding hydrogens is 416 g/mol. The Morgan fingerprint density at radius 2 is 1.94 bits per heavy atom. The lowest BCUT2D eigenvalue weighted by atomic mass is 9.94. The lowest BCUT2D eigenvalue weighted by Gasteiger charge is -2.15. The maximum Gasteiger partial charge on any atom is 0.305 e. The summed E-state index contributed by atoms with van der Waals surface area (Å²) >= 11 is 0. The molecule has 4 rings (SSSR count). The van der Waals surface area contributed by atoms with Crippen molar-refractivity contribution in [3.05, 3.63) is 64.7 Å². The molecule has 0 spiro atoms. The third kappa shape index (κ3) is 3.77. The van der Waals surface area contributed by atoms with E-state index in [4.69, 9.17) is 14.2 Å². The molecule has 0 unspecified atom stereocenters. The molecule has 2 aromatic carbocycles. The van der Waals surface area contributed by atoms with E-state index >= 15 is 0 Å². The van der Waals surface area contributed by atoms with Crippen LogP contribution in [0.3, 0.4) is 0 Å². The maximum absolute atomic E-state index is 11.8. The Labute approximate surface area is 184 Å². The van der Waals surface area contributed by atoms with Gasteiger partial charge in [-0.25, -0.2) is 4.57 Å². The summed E-state index contributed by atoms with van der Waals surface area (Å²) in [5.41, 5.74) is 2.89. The standard InChI is InChI=1S/C23H24N2O7/c1-13-14(2)25(29)23(24(13)11-15-4-7-19-21(8-15)32-12-31-19)17(10-22(27)28)16-5-6-18(26)20(9-16)30-3/h4-9,17H,10-12H2,1-3H3,(H2-,26,27,28,29)/p+1/t17-/m0/s1. The minimum atomic E-state index is -1.02. The highest BCUT2D eigenvalue weighted by atomic mass is 16.7. The topological polar surface area (TPSA) is 114 Å². The molecular formula is C23H25N2O7+. The van der Waals surface area contributed by atoms with Crippen molar-refractivity contribution >= 4 is 5.97 Å². The molecule has 1 aliphatic heterocycles. The zero-order chi connectivity index (χ0) is 23.0. The van der Waals surface area contributed by atoms with Crippen LogP contribution in [0.1, 0.15) is 40.7 Å². The third-order valence-electron chi connectivity index (χ3n) is 5.81. The van der Waals surface area contributed by atoms with Gasteiger partial charge in [0.2, 0.25) is 6.79 Å². The van der Waals surface area contributed by atoms with Crippen molar-refractivity contribution in [3.63, 3.8) is 0 Å². The van der Waals surface area contributed by atoms with E-state index < -0.39 is 11.9 Å².